The van der Waals surface area contributed by atoms with Crippen molar-refractivity contribution < 1.29 is 14.2 Å². The molecule has 3 heterocycles. The number of aromatic nitrogens is 4. The molecule has 0 bridgehead atoms. The summed E-state index contributed by atoms with van der Waals surface area (Å²) in [6.07, 6.45) is 6.64. The monoisotopic (exact) mass is 382 g/mol. The first-order valence-electron chi connectivity index (χ1n) is 9.05. The fourth-order valence-corrected chi connectivity index (χ4v) is 3.30. The van der Waals surface area contributed by atoms with Crippen LogP contribution >= 0.6 is 0 Å². The average molecular weight is 382 g/mol. The lowest BCUT2D eigenvalue weighted by molar-refractivity contribution is 0.163. The summed E-state index contributed by atoms with van der Waals surface area (Å²) in [5.41, 5.74) is 6.91. The first kappa shape index (κ1) is 18.0. The van der Waals surface area contributed by atoms with E-state index in [1.807, 2.05) is 6.07 Å². The summed E-state index contributed by atoms with van der Waals surface area (Å²) in [5, 5.41) is 0.738. The number of fused-ring (bicyclic) bond motifs is 1. The molecule has 9 heteroatoms. The number of methoxy groups -OCH3 is 2. The molecule has 0 unspecified atom stereocenters. The third-order valence-corrected chi connectivity index (χ3v) is 4.77. The minimum atomic E-state index is 0.0927. The molecule has 1 aliphatic heterocycles. The summed E-state index contributed by atoms with van der Waals surface area (Å²) in [4.78, 5) is 19.5. The zero-order chi connectivity index (χ0) is 19.5. The molecule has 28 heavy (non-hydrogen) atoms. The highest BCUT2D eigenvalue weighted by Crippen LogP contribution is 2.34. The van der Waals surface area contributed by atoms with Crippen molar-refractivity contribution in [2.75, 3.05) is 37.9 Å². The van der Waals surface area contributed by atoms with Gasteiger partial charge in [-0.05, 0) is 6.07 Å². The number of nitrogen functional groups attached to an aromatic ring is 1. The minimum Gasteiger partial charge on any atom is -0.493 e. The molecule has 9 nitrogen and oxygen atoms in total. The second-order valence-corrected chi connectivity index (χ2v) is 6.48. The van der Waals surface area contributed by atoms with Crippen molar-refractivity contribution in [2.24, 2.45) is 0 Å². The van der Waals surface area contributed by atoms with Crippen LogP contribution in [0.1, 0.15) is 12.8 Å². The van der Waals surface area contributed by atoms with E-state index in [2.05, 4.69) is 24.8 Å². The smallest absolute Gasteiger partial charge is 0.232 e. The molecule has 0 amide bonds. The fourth-order valence-electron chi connectivity index (χ4n) is 3.30. The molecule has 1 saturated heterocycles. The van der Waals surface area contributed by atoms with Crippen LogP contribution in [0.3, 0.4) is 0 Å². The Morgan fingerprint density at radius 2 is 1.79 bits per heavy atom. The number of nitrogens with two attached hydrogens (primary N) is 1. The molecule has 0 saturated carbocycles. The van der Waals surface area contributed by atoms with Crippen LogP contribution < -0.4 is 24.8 Å². The largest absolute Gasteiger partial charge is 0.493 e. The third kappa shape index (κ3) is 3.55. The van der Waals surface area contributed by atoms with Crippen LogP contribution in [0.2, 0.25) is 0 Å². The maximum Gasteiger partial charge on any atom is 0.232 e. The predicted octanol–water partition coefficient (Wildman–Crippen LogP) is 2.07. The Labute approximate surface area is 162 Å². The Balaban J connectivity index is 1.52. The zero-order valence-electron chi connectivity index (χ0n) is 15.8. The second-order valence-electron chi connectivity index (χ2n) is 6.48. The van der Waals surface area contributed by atoms with Crippen molar-refractivity contribution in [3.63, 3.8) is 0 Å². The normalized spacial score (nSPS) is 14.9. The van der Waals surface area contributed by atoms with E-state index in [1.165, 1.54) is 0 Å². The van der Waals surface area contributed by atoms with Gasteiger partial charge in [0.15, 0.2) is 11.5 Å². The number of benzene rings is 1. The summed E-state index contributed by atoms with van der Waals surface area (Å²) in [6, 6.07) is 3.62. The van der Waals surface area contributed by atoms with E-state index in [9.17, 15) is 0 Å². The van der Waals surface area contributed by atoms with E-state index in [0.717, 1.165) is 36.8 Å². The molecule has 146 valence electrons. The van der Waals surface area contributed by atoms with Gasteiger partial charge in [0.25, 0.3) is 0 Å². The van der Waals surface area contributed by atoms with Crippen molar-refractivity contribution in [3.8, 4) is 17.4 Å². The van der Waals surface area contributed by atoms with Gasteiger partial charge in [0.2, 0.25) is 11.8 Å². The quantitative estimate of drug-likeness (QED) is 0.709. The summed E-state index contributed by atoms with van der Waals surface area (Å²) >= 11 is 0. The molecule has 2 aromatic heterocycles. The van der Waals surface area contributed by atoms with Gasteiger partial charge in [0.05, 0.1) is 25.9 Å². The molecular weight excluding hydrogens is 360 g/mol. The summed E-state index contributed by atoms with van der Waals surface area (Å²) in [6.45, 7) is 1.53. The summed E-state index contributed by atoms with van der Waals surface area (Å²) < 4.78 is 16.6. The molecule has 1 aromatic carbocycles. The molecule has 0 atom stereocenters. The van der Waals surface area contributed by atoms with Crippen molar-refractivity contribution >= 4 is 22.7 Å². The van der Waals surface area contributed by atoms with Crippen molar-refractivity contribution in [1.82, 2.24) is 19.9 Å². The number of hydrogen-bond donors (Lipinski definition) is 1. The Hall–Kier alpha value is -3.36. The summed E-state index contributed by atoms with van der Waals surface area (Å²) in [5.74, 6) is 2.78. The lowest BCUT2D eigenvalue weighted by Crippen LogP contribution is -2.39. The number of anilines is 2. The number of ether oxygens (including phenoxy) is 3. The van der Waals surface area contributed by atoms with E-state index >= 15 is 0 Å². The Morgan fingerprint density at radius 3 is 2.46 bits per heavy atom. The number of hydrogen-bond acceptors (Lipinski definition) is 9. The highest BCUT2D eigenvalue weighted by atomic mass is 16.5. The van der Waals surface area contributed by atoms with Gasteiger partial charge in [-0.25, -0.2) is 9.97 Å². The maximum absolute atomic E-state index is 6.19. The zero-order valence-corrected chi connectivity index (χ0v) is 15.8. The van der Waals surface area contributed by atoms with Crippen LogP contribution in [0.15, 0.2) is 30.7 Å². The Bertz CT molecular complexity index is 961. The van der Waals surface area contributed by atoms with Crippen molar-refractivity contribution in [2.45, 2.75) is 18.9 Å². The van der Waals surface area contributed by atoms with Gasteiger partial charge in [0, 0.05) is 49.8 Å². The minimum absolute atomic E-state index is 0.0927. The van der Waals surface area contributed by atoms with Crippen LogP contribution in [-0.2, 0) is 0 Å². The third-order valence-electron chi connectivity index (χ3n) is 4.77. The molecule has 0 spiro atoms. The average Bonchev–Trinajstić information content (AvgIpc) is 2.74. The van der Waals surface area contributed by atoms with Gasteiger partial charge in [0.1, 0.15) is 11.9 Å². The van der Waals surface area contributed by atoms with Gasteiger partial charge in [-0.2, -0.15) is 4.98 Å². The second kappa shape index (κ2) is 7.71. The van der Waals surface area contributed by atoms with Gasteiger partial charge in [-0.15, -0.1) is 0 Å². The molecule has 0 radical (unpaired) electrons. The SMILES string of the molecule is COc1cc2nc(N3CCC(Oc4cnccn4)CC3)nc(N)c2cc1OC. The lowest BCUT2D eigenvalue weighted by Gasteiger charge is -2.32. The molecule has 4 rings (SSSR count). The number of nitrogens with zero attached hydrogens (tertiary/aromatic N) is 5. The first-order chi connectivity index (χ1) is 13.7. The molecule has 2 N–H and O–H groups in total. The molecular formula is C19H22N6O3. The fraction of sp³-hybridized carbons (Fsp3) is 0.368. The maximum atomic E-state index is 6.19. The highest BCUT2D eigenvalue weighted by molar-refractivity contribution is 5.91. The van der Waals surface area contributed by atoms with Crippen molar-refractivity contribution in [3.05, 3.63) is 30.7 Å². The van der Waals surface area contributed by atoms with Gasteiger partial charge in [-0.3, -0.25) is 4.98 Å². The lowest BCUT2D eigenvalue weighted by atomic mass is 10.1. The number of piperidine rings is 1. The standard InChI is InChI=1S/C19H22N6O3/c1-26-15-9-13-14(10-16(15)27-2)23-19(24-18(13)20)25-7-3-12(4-8-25)28-17-11-21-5-6-22-17/h5-6,9-12H,3-4,7-8H2,1-2H3,(H2,20,23,24). The van der Waals surface area contributed by atoms with Crippen LogP contribution in [0.5, 0.6) is 17.4 Å². The van der Waals surface area contributed by atoms with Crippen LogP contribution in [0.25, 0.3) is 10.9 Å². The van der Waals surface area contributed by atoms with E-state index in [1.54, 1.807) is 38.9 Å². The summed E-state index contributed by atoms with van der Waals surface area (Å²) in [7, 11) is 3.18. The topological polar surface area (TPSA) is 109 Å². The molecule has 0 aliphatic carbocycles. The van der Waals surface area contributed by atoms with E-state index in [4.69, 9.17) is 19.9 Å². The van der Waals surface area contributed by atoms with Crippen LogP contribution in [0, 0.1) is 0 Å². The first-order valence-corrected chi connectivity index (χ1v) is 9.05. The molecule has 1 aliphatic rings. The molecule has 3 aromatic rings. The van der Waals surface area contributed by atoms with Gasteiger partial charge >= 0.3 is 0 Å². The van der Waals surface area contributed by atoms with E-state index in [-0.39, 0.29) is 6.10 Å². The van der Waals surface area contributed by atoms with Crippen LogP contribution in [0.4, 0.5) is 11.8 Å². The van der Waals surface area contributed by atoms with Gasteiger partial charge < -0.3 is 24.8 Å². The van der Waals surface area contributed by atoms with E-state index in [0.29, 0.717) is 29.1 Å². The van der Waals surface area contributed by atoms with Crippen molar-refractivity contribution in [1.29, 1.82) is 0 Å². The number of rotatable bonds is 5. The van der Waals surface area contributed by atoms with Crippen LogP contribution in [-0.4, -0.2) is 53.3 Å². The Morgan fingerprint density at radius 1 is 1.04 bits per heavy atom. The van der Waals surface area contributed by atoms with E-state index < -0.39 is 0 Å². The molecule has 1 fully saturated rings. The highest BCUT2D eigenvalue weighted by Gasteiger charge is 2.23. The van der Waals surface area contributed by atoms with Gasteiger partial charge in [-0.1, -0.05) is 0 Å². The Kier molecular flexibility index (Phi) is 4.96. The predicted molar refractivity (Wildman–Crippen MR) is 105 cm³/mol.